The fourth-order valence-electron chi connectivity index (χ4n) is 2.48. The monoisotopic (exact) mass is 334 g/mol. The average Bonchev–Trinajstić information content (AvgIpc) is 3.05. The van der Waals surface area contributed by atoms with Crippen molar-refractivity contribution < 1.29 is 13.2 Å². The normalized spacial score (nSPS) is 20.1. The summed E-state index contributed by atoms with van der Waals surface area (Å²) in [6, 6.07) is -0.0501. The number of hydrogen-bond acceptors (Lipinski definition) is 6. The quantitative estimate of drug-likeness (QED) is 0.679. The smallest absolute Gasteiger partial charge is 0.279 e. The molecule has 1 aliphatic heterocycles. The van der Waals surface area contributed by atoms with Crippen LogP contribution in [0.3, 0.4) is 0 Å². The summed E-state index contributed by atoms with van der Waals surface area (Å²) in [6.45, 7) is 1.40. The second-order valence-electron chi connectivity index (χ2n) is 5.04. The lowest BCUT2D eigenvalue weighted by Gasteiger charge is -2.23. The SMILES string of the molecule is COC[C@H]1CCCN1S(=O)(=O)NCCCc1csc(N)n1. The third kappa shape index (κ3) is 4.62. The van der Waals surface area contributed by atoms with Crippen LogP contribution in [0.2, 0.25) is 0 Å². The molecular weight excluding hydrogens is 312 g/mol. The van der Waals surface area contributed by atoms with Crippen LogP contribution in [-0.2, 0) is 21.4 Å². The Morgan fingerprint density at radius 3 is 3.10 bits per heavy atom. The number of nitrogen functional groups attached to an aromatic ring is 1. The first-order chi connectivity index (χ1) is 10.0. The van der Waals surface area contributed by atoms with E-state index in [1.165, 1.54) is 15.6 Å². The third-order valence-corrected chi connectivity index (χ3v) is 5.84. The molecule has 9 heteroatoms. The highest BCUT2D eigenvalue weighted by molar-refractivity contribution is 7.87. The van der Waals surface area contributed by atoms with Gasteiger partial charge in [-0.25, -0.2) is 9.71 Å². The number of aryl methyl sites for hydroxylation is 1. The van der Waals surface area contributed by atoms with Crippen LogP contribution < -0.4 is 10.5 Å². The Morgan fingerprint density at radius 1 is 1.62 bits per heavy atom. The Kier molecular flexibility index (Phi) is 5.94. The minimum absolute atomic E-state index is 0.0501. The van der Waals surface area contributed by atoms with Crippen LogP contribution in [0.5, 0.6) is 0 Å². The van der Waals surface area contributed by atoms with Gasteiger partial charge in [-0.3, -0.25) is 0 Å². The first kappa shape index (κ1) is 16.6. The Balaban J connectivity index is 1.78. The topological polar surface area (TPSA) is 97.5 Å². The third-order valence-electron chi connectivity index (χ3n) is 3.45. The minimum atomic E-state index is -3.42. The van der Waals surface area contributed by atoms with Gasteiger partial charge in [0.1, 0.15) is 0 Å². The van der Waals surface area contributed by atoms with E-state index in [9.17, 15) is 8.42 Å². The van der Waals surface area contributed by atoms with Gasteiger partial charge < -0.3 is 10.5 Å². The van der Waals surface area contributed by atoms with Gasteiger partial charge in [-0.1, -0.05) is 0 Å². The van der Waals surface area contributed by atoms with Gasteiger partial charge in [-0.2, -0.15) is 12.7 Å². The summed E-state index contributed by atoms with van der Waals surface area (Å²) in [7, 11) is -1.83. The summed E-state index contributed by atoms with van der Waals surface area (Å²) in [6.07, 6.45) is 3.16. The molecule has 0 amide bonds. The second-order valence-corrected chi connectivity index (χ2v) is 7.64. The summed E-state index contributed by atoms with van der Waals surface area (Å²) in [5.41, 5.74) is 6.47. The van der Waals surface area contributed by atoms with Crippen LogP contribution >= 0.6 is 11.3 Å². The molecular formula is C12H22N4O3S2. The van der Waals surface area contributed by atoms with Crippen molar-refractivity contribution in [2.75, 3.05) is 32.5 Å². The molecule has 1 saturated heterocycles. The fraction of sp³-hybridized carbons (Fsp3) is 0.750. The van der Waals surface area contributed by atoms with Crippen LogP contribution in [0.25, 0.3) is 0 Å². The zero-order valence-corrected chi connectivity index (χ0v) is 13.8. The Labute approximate surface area is 129 Å². The van der Waals surface area contributed by atoms with Gasteiger partial charge >= 0.3 is 0 Å². The van der Waals surface area contributed by atoms with E-state index in [0.29, 0.717) is 31.2 Å². The van der Waals surface area contributed by atoms with Gasteiger partial charge in [0.2, 0.25) is 0 Å². The average molecular weight is 334 g/mol. The van der Waals surface area contributed by atoms with Crippen LogP contribution in [0, 0.1) is 0 Å². The van der Waals surface area contributed by atoms with E-state index in [0.717, 1.165) is 25.0 Å². The molecule has 1 aromatic heterocycles. The molecule has 21 heavy (non-hydrogen) atoms. The lowest BCUT2D eigenvalue weighted by molar-refractivity contribution is 0.148. The molecule has 2 heterocycles. The lowest BCUT2D eigenvalue weighted by Crippen LogP contribution is -2.45. The number of ether oxygens (including phenoxy) is 1. The maximum Gasteiger partial charge on any atom is 0.279 e. The van der Waals surface area contributed by atoms with Gasteiger partial charge in [0.05, 0.1) is 12.3 Å². The predicted molar refractivity (Wildman–Crippen MR) is 83.4 cm³/mol. The molecule has 3 N–H and O–H groups in total. The van der Waals surface area contributed by atoms with E-state index >= 15 is 0 Å². The van der Waals surface area contributed by atoms with Crippen LogP contribution in [0.15, 0.2) is 5.38 Å². The highest BCUT2D eigenvalue weighted by Crippen LogP contribution is 2.20. The summed E-state index contributed by atoms with van der Waals surface area (Å²) >= 11 is 1.40. The number of aromatic nitrogens is 1. The number of hydrogen-bond donors (Lipinski definition) is 2. The molecule has 1 aromatic rings. The van der Waals surface area contributed by atoms with Crippen LogP contribution in [-0.4, -0.2) is 50.6 Å². The van der Waals surface area contributed by atoms with Gasteiger partial charge in [-0.05, 0) is 25.7 Å². The molecule has 0 bridgehead atoms. The van der Waals surface area contributed by atoms with E-state index in [-0.39, 0.29) is 6.04 Å². The summed E-state index contributed by atoms with van der Waals surface area (Å²) in [5.74, 6) is 0. The van der Waals surface area contributed by atoms with Gasteiger partial charge in [-0.15, -0.1) is 11.3 Å². The zero-order valence-electron chi connectivity index (χ0n) is 12.1. The Morgan fingerprint density at radius 2 is 2.43 bits per heavy atom. The second kappa shape index (κ2) is 7.50. The first-order valence-corrected chi connectivity index (χ1v) is 9.30. The number of thiazole rings is 1. The Bertz CT molecular complexity index is 546. The fourth-order valence-corrected chi connectivity index (χ4v) is 4.57. The van der Waals surface area contributed by atoms with Gasteiger partial charge in [0, 0.05) is 31.6 Å². The largest absolute Gasteiger partial charge is 0.383 e. The Hall–Kier alpha value is -0.740. The van der Waals surface area contributed by atoms with Gasteiger partial charge in [0.15, 0.2) is 5.13 Å². The van der Waals surface area contributed by atoms with E-state index in [4.69, 9.17) is 10.5 Å². The van der Waals surface area contributed by atoms with Crippen molar-refractivity contribution in [1.29, 1.82) is 0 Å². The number of nitrogens with one attached hydrogen (secondary N) is 1. The van der Waals surface area contributed by atoms with Crippen LogP contribution in [0.1, 0.15) is 25.0 Å². The number of anilines is 1. The summed E-state index contributed by atoms with van der Waals surface area (Å²) < 4.78 is 33.8. The predicted octanol–water partition coefficient (Wildman–Crippen LogP) is 0.603. The maximum atomic E-state index is 12.3. The molecule has 1 aliphatic rings. The zero-order chi connectivity index (χ0) is 15.3. The highest BCUT2D eigenvalue weighted by Gasteiger charge is 2.33. The maximum absolute atomic E-state index is 12.3. The molecule has 0 aromatic carbocycles. The van der Waals surface area contributed by atoms with Crippen molar-refractivity contribution in [2.45, 2.75) is 31.7 Å². The molecule has 120 valence electrons. The molecule has 1 fully saturated rings. The van der Waals surface area contributed by atoms with Gasteiger partial charge in [0.25, 0.3) is 10.2 Å². The molecule has 0 unspecified atom stereocenters. The van der Waals surface area contributed by atoms with Crippen molar-refractivity contribution >= 4 is 26.7 Å². The number of nitrogens with zero attached hydrogens (tertiary/aromatic N) is 2. The lowest BCUT2D eigenvalue weighted by atomic mass is 10.2. The molecule has 1 atom stereocenters. The molecule has 0 saturated carbocycles. The molecule has 0 aliphatic carbocycles. The molecule has 2 rings (SSSR count). The highest BCUT2D eigenvalue weighted by atomic mass is 32.2. The van der Waals surface area contributed by atoms with Crippen molar-refractivity contribution in [1.82, 2.24) is 14.0 Å². The number of rotatable bonds is 8. The molecule has 7 nitrogen and oxygen atoms in total. The number of nitrogens with two attached hydrogens (primary N) is 1. The van der Waals surface area contributed by atoms with E-state index in [2.05, 4.69) is 9.71 Å². The molecule has 0 radical (unpaired) electrons. The van der Waals surface area contributed by atoms with Crippen molar-refractivity contribution in [2.24, 2.45) is 0 Å². The standard InChI is InChI=1S/C12H22N4O3S2/c1-19-8-11-5-3-7-16(11)21(17,18)14-6-2-4-10-9-20-12(13)15-10/h9,11,14H,2-8H2,1H3,(H2,13,15)/t11-/m1/s1. The number of methoxy groups -OCH3 is 1. The van der Waals surface area contributed by atoms with Crippen molar-refractivity contribution in [3.63, 3.8) is 0 Å². The van der Waals surface area contributed by atoms with E-state index in [1.807, 2.05) is 5.38 Å². The first-order valence-electron chi connectivity index (χ1n) is 6.98. The minimum Gasteiger partial charge on any atom is -0.383 e. The van der Waals surface area contributed by atoms with Crippen molar-refractivity contribution in [3.05, 3.63) is 11.1 Å². The molecule has 0 spiro atoms. The van der Waals surface area contributed by atoms with Crippen molar-refractivity contribution in [3.8, 4) is 0 Å². The van der Waals surface area contributed by atoms with E-state index in [1.54, 1.807) is 7.11 Å². The summed E-state index contributed by atoms with van der Waals surface area (Å²) in [4.78, 5) is 4.15. The van der Waals surface area contributed by atoms with Crippen LogP contribution in [0.4, 0.5) is 5.13 Å². The van der Waals surface area contributed by atoms with E-state index < -0.39 is 10.2 Å². The summed E-state index contributed by atoms with van der Waals surface area (Å²) in [5, 5.41) is 2.45.